The molecule has 0 fully saturated rings. The van der Waals surface area contributed by atoms with Gasteiger partial charge in [-0.05, 0) is 33.1 Å². The number of nitrogens with one attached hydrogen (secondary N) is 1. The van der Waals surface area contributed by atoms with Gasteiger partial charge >= 0.3 is 0 Å². The van der Waals surface area contributed by atoms with Gasteiger partial charge in [0.05, 0.1) is 11.7 Å². The summed E-state index contributed by atoms with van der Waals surface area (Å²) in [6, 6.07) is 0.250. The van der Waals surface area contributed by atoms with Gasteiger partial charge in [0.1, 0.15) is 0 Å². The number of aliphatic hydroxyl groups is 2. The Morgan fingerprint density at radius 3 is 2.07 bits per heavy atom. The van der Waals surface area contributed by atoms with Crippen LogP contribution in [-0.4, -0.2) is 34.5 Å². The first-order valence-corrected chi connectivity index (χ1v) is 5.57. The molecule has 0 saturated heterocycles. The summed E-state index contributed by atoms with van der Waals surface area (Å²) in [5.41, 5.74) is -0.590. The third-order valence-corrected chi connectivity index (χ3v) is 2.79. The fourth-order valence-electron chi connectivity index (χ4n) is 1.46. The molecule has 0 heterocycles. The second-order valence-corrected chi connectivity index (χ2v) is 4.30. The highest BCUT2D eigenvalue weighted by Crippen LogP contribution is 2.13. The average Bonchev–Trinajstić information content (AvgIpc) is 2.13. The third-order valence-electron chi connectivity index (χ3n) is 2.79. The third kappa shape index (κ3) is 5.58. The van der Waals surface area contributed by atoms with E-state index in [1.807, 2.05) is 20.8 Å². The summed E-state index contributed by atoms with van der Waals surface area (Å²) in [4.78, 5) is 0. The molecule has 14 heavy (non-hydrogen) atoms. The molecular weight excluding hydrogens is 178 g/mol. The molecule has 3 heteroatoms. The minimum absolute atomic E-state index is 0.250. The topological polar surface area (TPSA) is 52.5 Å². The molecule has 0 radical (unpaired) electrons. The summed E-state index contributed by atoms with van der Waals surface area (Å²) in [5, 5.41) is 22.4. The van der Waals surface area contributed by atoms with E-state index in [1.165, 1.54) is 0 Å². The van der Waals surface area contributed by atoms with Crippen molar-refractivity contribution < 1.29 is 10.2 Å². The van der Waals surface area contributed by atoms with E-state index in [2.05, 4.69) is 5.32 Å². The van der Waals surface area contributed by atoms with Crippen LogP contribution in [-0.2, 0) is 0 Å². The van der Waals surface area contributed by atoms with Crippen LogP contribution in [0.4, 0.5) is 0 Å². The lowest BCUT2D eigenvalue weighted by molar-refractivity contribution is 0.0286. The molecular formula is C11H25NO2. The maximum absolute atomic E-state index is 9.99. The van der Waals surface area contributed by atoms with Gasteiger partial charge in [0.15, 0.2) is 0 Å². The van der Waals surface area contributed by atoms with Crippen molar-refractivity contribution in [2.45, 2.75) is 64.7 Å². The second kappa shape index (κ2) is 6.38. The van der Waals surface area contributed by atoms with Crippen molar-refractivity contribution >= 4 is 0 Å². The Hall–Kier alpha value is -0.120. The molecule has 0 aliphatic heterocycles. The minimum atomic E-state index is -0.590. The summed E-state index contributed by atoms with van der Waals surface area (Å²) in [6.07, 6.45) is 1.97. The monoisotopic (exact) mass is 203 g/mol. The standard InChI is InChI=1S/C11H25NO2/c1-5-11(14,6-2)8-12-9(3)7-10(4)13/h9-10,12-14H,5-8H2,1-4H3. The van der Waals surface area contributed by atoms with Gasteiger partial charge in [-0.15, -0.1) is 0 Å². The number of hydrogen-bond acceptors (Lipinski definition) is 3. The zero-order valence-electron chi connectivity index (χ0n) is 9.88. The van der Waals surface area contributed by atoms with Gasteiger partial charge in [-0.2, -0.15) is 0 Å². The molecule has 86 valence electrons. The highest BCUT2D eigenvalue weighted by molar-refractivity contribution is 4.79. The molecule has 3 nitrogen and oxygen atoms in total. The summed E-state index contributed by atoms with van der Waals surface area (Å²) in [6.45, 7) is 8.39. The quantitative estimate of drug-likeness (QED) is 0.584. The van der Waals surface area contributed by atoms with Crippen LogP contribution in [0.3, 0.4) is 0 Å². The highest BCUT2D eigenvalue weighted by Gasteiger charge is 2.22. The molecule has 2 atom stereocenters. The Morgan fingerprint density at radius 2 is 1.71 bits per heavy atom. The molecule has 0 aromatic heterocycles. The maximum Gasteiger partial charge on any atom is 0.0766 e. The van der Waals surface area contributed by atoms with E-state index in [0.29, 0.717) is 6.54 Å². The van der Waals surface area contributed by atoms with Gasteiger partial charge in [0.25, 0.3) is 0 Å². The number of aliphatic hydroxyl groups excluding tert-OH is 1. The zero-order chi connectivity index (χ0) is 11.2. The Kier molecular flexibility index (Phi) is 6.33. The van der Waals surface area contributed by atoms with Crippen LogP contribution in [0.25, 0.3) is 0 Å². The van der Waals surface area contributed by atoms with Gasteiger partial charge in [-0.3, -0.25) is 0 Å². The molecule has 0 aromatic carbocycles. The van der Waals surface area contributed by atoms with E-state index in [9.17, 15) is 5.11 Å². The van der Waals surface area contributed by atoms with Crippen molar-refractivity contribution in [2.24, 2.45) is 0 Å². The van der Waals surface area contributed by atoms with E-state index < -0.39 is 5.60 Å². The van der Waals surface area contributed by atoms with E-state index in [4.69, 9.17) is 5.11 Å². The van der Waals surface area contributed by atoms with Crippen molar-refractivity contribution in [3.8, 4) is 0 Å². The lowest BCUT2D eigenvalue weighted by Crippen LogP contribution is -2.43. The van der Waals surface area contributed by atoms with Crippen LogP contribution >= 0.6 is 0 Å². The number of rotatable bonds is 7. The van der Waals surface area contributed by atoms with Gasteiger partial charge in [-0.1, -0.05) is 13.8 Å². The van der Waals surface area contributed by atoms with Crippen molar-refractivity contribution in [3.05, 3.63) is 0 Å². The predicted molar refractivity (Wildman–Crippen MR) is 59.3 cm³/mol. The summed E-state index contributed by atoms with van der Waals surface area (Å²) < 4.78 is 0. The van der Waals surface area contributed by atoms with Crippen LogP contribution in [0, 0.1) is 0 Å². The molecule has 0 bridgehead atoms. The molecule has 0 saturated carbocycles. The van der Waals surface area contributed by atoms with Gasteiger partial charge < -0.3 is 15.5 Å². The molecule has 0 aliphatic rings. The van der Waals surface area contributed by atoms with E-state index in [1.54, 1.807) is 6.92 Å². The zero-order valence-corrected chi connectivity index (χ0v) is 9.88. The van der Waals surface area contributed by atoms with Gasteiger partial charge in [0.2, 0.25) is 0 Å². The smallest absolute Gasteiger partial charge is 0.0766 e. The second-order valence-electron chi connectivity index (χ2n) is 4.30. The fraction of sp³-hybridized carbons (Fsp3) is 1.00. The lowest BCUT2D eigenvalue weighted by Gasteiger charge is -2.28. The molecule has 0 rings (SSSR count). The SMILES string of the molecule is CCC(O)(CC)CNC(C)CC(C)O. The van der Waals surface area contributed by atoms with Crippen molar-refractivity contribution in [3.63, 3.8) is 0 Å². The molecule has 0 spiro atoms. The Bertz CT molecular complexity index is 144. The van der Waals surface area contributed by atoms with Crippen molar-refractivity contribution in [2.75, 3.05) is 6.54 Å². The van der Waals surface area contributed by atoms with Crippen LogP contribution in [0.1, 0.15) is 47.0 Å². The largest absolute Gasteiger partial charge is 0.393 e. The fourth-order valence-corrected chi connectivity index (χ4v) is 1.46. The summed E-state index contributed by atoms with van der Waals surface area (Å²) in [5.74, 6) is 0. The van der Waals surface area contributed by atoms with Crippen LogP contribution in [0.15, 0.2) is 0 Å². The van der Waals surface area contributed by atoms with Gasteiger partial charge in [-0.25, -0.2) is 0 Å². The number of hydrogen-bond donors (Lipinski definition) is 3. The predicted octanol–water partition coefficient (Wildman–Crippen LogP) is 1.29. The maximum atomic E-state index is 9.99. The molecule has 2 unspecified atom stereocenters. The highest BCUT2D eigenvalue weighted by atomic mass is 16.3. The summed E-state index contributed by atoms with van der Waals surface area (Å²) in [7, 11) is 0. The van der Waals surface area contributed by atoms with E-state index in [-0.39, 0.29) is 12.1 Å². The molecule has 0 amide bonds. The first-order chi connectivity index (χ1) is 6.43. The van der Waals surface area contributed by atoms with Crippen molar-refractivity contribution in [1.29, 1.82) is 0 Å². The molecule has 3 N–H and O–H groups in total. The van der Waals surface area contributed by atoms with Gasteiger partial charge in [0, 0.05) is 12.6 Å². The van der Waals surface area contributed by atoms with E-state index >= 15 is 0 Å². The Morgan fingerprint density at radius 1 is 1.21 bits per heavy atom. The van der Waals surface area contributed by atoms with Crippen LogP contribution in [0.5, 0.6) is 0 Å². The van der Waals surface area contributed by atoms with Crippen LogP contribution in [0.2, 0.25) is 0 Å². The van der Waals surface area contributed by atoms with E-state index in [0.717, 1.165) is 19.3 Å². The minimum Gasteiger partial charge on any atom is -0.393 e. The Labute approximate surface area is 87.5 Å². The first-order valence-electron chi connectivity index (χ1n) is 5.57. The Balaban J connectivity index is 3.79. The van der Waals surface area contributed by atoms with Crippen molar-refractivity contribution in [1.82, 2.24) is 5.32 Å². The lowest BCUT2D eigenvalue weighted by atomic mass is 9.97. The first kappa shape index (κ1) is 13.9. The molecule has 0 aromatic rings. The summed E-state index contributed by atoms with van der Waals surface area (Å²) >= 11 is 0. The average molecular weight is 203 g/mol. The molecule has 0 aliphatic carbocycles. The van der Waals surface area contributed by atoms with Crippen LogP contribution < -0.4 is 5.32 Å². The normalized spacial score (nSPS) is 16.7.